The summed E-state index contributed by atoms with van der Waals surface area (Å²) in [5.74, 6) is -0.0186. The molecular formula is C26H14Cl2OS. The van der Waals surface area contributed by atoms with Crippen LogP contribution in [0.4, 0.5) is 0 Å². The van der Waals surface area contributed by atoms with Gasteiger partial charge in [-0.3, -0.25) is 4.79 Å². The molecule has 1 aliphatic carbocycles. The van der Waals surface area contributed by atoms with Crippen molar-refractivity contribution in [2.24, 2.45) is 0 Å². The van der Waals surface area contributed by atoms with Gasteiger partial charge in [0.25, 0.3) is 0 Å². The van der Waals surface area contributed by atoms with Gasteiger partial charge in [0.15, 0.2) is 5.78 Å². The van der Waals surface area contributed by atoms with E-state index in [1.165, 1.54) is 0 Å². The van der Waals surface area contributed by atoms with E-state index in [4.69, 9.17) is 35.4 Å². The summed E-state index contributed by atoms with van der Waals surface area (Å²) in [5, 5.41) is 1.31. The molecule has 0 N–H and O–H groups in total. The van der Waals surface area contributed by atoms with Crippen LogP contribution in [0.5, 0.6) is 0 Å². The Morgan fingerprint density at radius 3 is 1.53 bits per heavy atom. The number of ketones is 1. The van der Waals surface area contributed by atoms with E-state index in [0.29, 0.717) is 26.0 Å². The summed E-state index contributed by atoms with van der Waals surface area (Å²) in [7, 11) is 0. The first-order valence-electron chi connectivity index (χ1n) is 9.42. The zero-order valence-corrected chi connectivity index (χ0v) is 18.0. The van der Waals surface area contributed by atoms with Crippen LogP contribution < -0.4 is 0 Å². The largest absolute Gasteiger partial charge is 0.289 e. The number of hydrogen-bond donors (Lipinski definition) is 0. The van der Waals surface area contributed by atoms with Crippen LogP contribution >= 0.6 is 35.4 Å². The molecule has 144 valence electrons. The molecule has 0 atom stereocenters. The molecule has 0 fully saturated rings. The van der Waals surface area contributed by atoms with Crippen LogP contribution in [0.1, 0.15) is 27.0 Å². The maximum atomic E-state index is 13.6. The first-order valence-corrected chi connectivity index (χ1v) is 10.6. The molecule has 0 amide bonds. The number of thiocarbonyl (C=S) groups is 1. The van der Waals surface area contributed by atoms with E-state index in [1.54, 1.807) is 0 Å². The fourth-order valence-corrected chi connectivity index (χ4v) is 4.60. The minimum absolute atomic E-state index is 0.0186. The zero-order chi connectivity index (χ0) is 20.8. The Hall–Kier alpha value is -2.78. The number of carbonyl (C=O) groups excluding carboxylic acids is 1. The van der Waals surface area contributed by atoms with Crippen molar-refractivity contribution in [3.63, 3.8) is 0 Å². The highest BCUT2D eigenvalue weighted by atomic mass is 35.5. The molecule has 0 heterocycles. The maximum Gasteiger partial charge on any atom is 0.194 e. The first-order chi connectivity index (χ1) is 14.5. The highest BCUT2D eigenvalue weighted by Gasteiger charge is 2.31. The summed E-state index contributed by atoms with van der Waals surface area (Å²) in [6.07, 6.45) is 0. The number of hydrogen-bond acceptors (Lipinski definition) is 2. The van der Waals surface area contributed by atoms with Crippen molar-refractivity contribution in [3.05, 3.63) is 117 Å². The van der Waals surface area contributed by atoms with Gasteiger partial charge in [-0.2, -0.15) is 0 Å². The van der Waals surface area contributed by atoms with Crippen LogP contribution in [0.15, 0.2) is 84.9 Å². The van der Waals surface area contributed by atoms with Crippen molar-refractivity contribution >= 4 is 46.1 Å². The third-order valence-corrected chi connectivity index (χ3v) is 6.31. The van der Waals surface area contributed by atoms with Gasteiger partial charge in [0.1, 0.15) is 0 Å². The Morgan fingerprint density at radius 2 is 1.00 bits per heavy atom. The number of benzene rings is 4. The molecule has 4 aromatic carbocycles. The van der Waals surface area contributed by atoms with E-state index in [-0.39, 0.29) is 5.78 Å². The minimum Gasteiger partial charge on any atom is -0.289 e. The molecule has 0 saturated carbocycles. The fraction of sp³-hybridized carbons (Fsp3) is 0. The summed E-state index contributed by atoms with van der Waals surface area (Å²) in [4.78, 5) is 14.3. The number of fused-ring (bicyclic) bond motifs is 2. The zero-order valence-electron chi connectivity index (χ0n) is 15.7. The van der Waals surface area contributed by atoms with E-state index in [1.807, 2.05) is 84.9 Å². The van der Waals surface area contributed by atoms with Crippen LogP contribution in [0.25, 0.3) is 22.3 Å². The molecule has 30 heavy (non-hydrogen) atoms. The predicted octanol–water partition coefficient (Wildman–Crippen LogP) is 7.64. The highest BCUT2D eigenvalue weighted by Crippen LogP contribution is 2.40. The van der Waals surface area contributed by atoms with Gasteiger partial charge in [-0.1, -0.05) is 96.1 Å². The maximum absolute atomic E-state index is 13.6. The molecule has 0 saturated heterocycles. The molecule has 1 aliphatic rings. The third-order valence-electron chi connectivity index (χ3n) is 5.39. The van der Waals surface area contributed by atoms with E-state index in [0.717, 1.165) is 33.4 Å². The molecule has 0 bridgehead atoms. The lowest BCUT2D eigenvalue weighted by Gasteiger charge is -2.25. The second-order valence-electron chi connectivity index (χ2n) is 7.13. The lowest BCUT2D eigenvalue weighted by Crippen LogP contribution is -2.22. The molecule has 1 nitrogen and oxygen atoms in total. The van der Waals surface area contributed by atoms with E-state index >= 15 is 0 Å². The van der Waals surface area contributed by atoms with Gasteiger partial charge in [0, 0.05) is 32.3 Å². The van der Waals surface area contributed by atoms with Gasteiger partial charge < -0.3 is 0 Å². The Kier molecular flexibility index (Phi) is 4.79. The Labute approximate surface area is 189 Å². The summed E-state index contributed by atoms with van der Waals surface area (Å²) in [5.41, 5.74) is 6.53. The number of halogens is 2. The van der Waals surface area contributed by atoms with E-state index in [9.17, 15) is 4.79 Å². The number of carbonyl (C=O) groups is 1. The monoisotopic (exact) mass is 444 g/mol. The Bertz CT molecular complexity index is 1220. The highest BCUT2D eigenvalue weighted by molar-refractivity contribution is 7.81. The average Bonchev–Trinajstić information content (AvgIpc) is 2.78. The van der Waals surface area contributed by atoms with Crippen LogP contribution in [-0.4, -0.2) is 10.6 Å². The Morgan fingerprint density at radius 1 is 0.533 bits per heavy atom. The second-order valence-corrected chi connectivity index (χ2v) is 8.41. The van der Waals surface area contributed by atoms with Crippen molar-refractivity contribution in [3.8, 4) is 22.3 Å². The van der Waals surface area contributed by atoms with Crippen LogP contribution in [0.2, 0.25) is 10.0 Å². The lowest BCUT2D eigenvalue weighted by atomic mass is 9.78. The molecule has 4 heteroatoms. The fourth-order valence-electron chi connectivity index (χ4n) is 3.96. The van der Waals surface area contributed by atoms with E-state index in [2.05, 4.69) is 0 Å². The average molecular weight is 445 g/mol. The van der Waals surface area contributed by atoms with Crippen molar-refractivity contribution in [2.75, 3.05) is 0 Å². The third kappa shape index (κ3) is 3.09. The van der Waals surface area contributed by atoms with Crippen molar-refractivity contribution < 1.29 is 4.79 Å². The molecule has 0 spiro atoms. The molecular weight excluding hydrogens is 431 g/mol. The van der Waals surface area contributed by atoms with Gasteiger partial charge in [0.05, 0.1) is 4.86 Å². The molecule has 4 aromatic rings. The lowest BCUT2D eigenvalue weighted by molar-refractivity contribution is 0.103. The molecule has 0 radical (unpaired) electrons. The molecule has 0 aromatic heterocycles. The van der Waals surface area contributed by atoms with Gasteiger partial charge in [0.2, 0.25) is 0 Å². The van der Waals surface area contributed by atoms with Crippen molar-refractivity contribution in [1.82, 2.24) is 0 Å². The normalized spacial score (nSPS) is 12.5. The quantitative estimate of drug-likeness (QED) is 0.260. The number of rotatable bonds is 2. The van der Waals surface area contributed by atoms with Crippen LogP contribution in [0, 0.1) is 0 Å². The standard InChI is InChI=1S/C26H14Cl2OS/c27-17-9-5-15(6-10-17)19-13-14-20(16-7-11-18(28)12-8-16)24-23(19)25(29)21-3-1-2-4-22(21)26(24)30/h1-14H. The van der Waals surface area contributed by atoms with Crippen molar-refractivity contribution in [1.29, 1.82) is 0 Å². The summed E-state index contributed by atoms with van der Waals surface area (Å²) in [6.45, 7) is 0. The van der Waals surface area contributed by atoms with Gasteiger partial charge in [-0.15, -0.1) is 0 Å². The van der Waals surface area contributed by atoms with Crippen LogP contribution in [-0.2, 0) is 0 Å². The minimum atomic E-state index is -0.0186. The smallest absolute Gasteiger partial charge is 0.194 e. The predicted molar refractivity (Wildman–Crippen MR) is 128 cm³/mol. The van der Waals surface area contributed by atoms with Gasteiger partial charge in [-0.05, 0) is 46.5 Å². The SMILES string of the molecule is O=C1c2ccccc2C(=S)c2c(-c3ccc(Cl)cc3)ccc(-c3ccc(Cl)cc3)c21. The van der Waals surface area contributed by atoms with Gasteiger partial charge >= 0.3 is 0 Å². The topological polar surface area (TPSA) is 17.1 Å². The summed E-state index contributed by atoms with van der Waals surface area (Å²) < 4.78 is 0. The van der Waals surface area contributed by atoms with E-state index < -0.39 is 0 Å². The summed E-state index contributed by atoms with van der Waals surface area (Å²) in [6, 6.07) is 26.7. The second kappa shape index (κ2) is 7.48. The molecule has 5 rings (SSSR count). The Balaban J connectivity index is 1.83. The molecule has 0 unspecified atom stereocenters. The van der Waals surface area contributed by atoms with Gasteiger partial charge in [-0.25, -0.2) is 0 Å². The first kappa shape index (κ1) is 19.2. The summed E-state index contributed by atoms with van der Waals surface area (Å²) >= 11 is 18.1. The van der Waals surface area contributed by atoms with Crippen molar-refractivity contribution in [2.45, 2.75) is 0 Å². The van der Waals surface area contributed by atoms with Crippen LogP contribution in [0.3, 0.4) is 0 Å². The molecule has 0 aliphatic heterocycles.